The van der Waals surface area contributed by atoms with E-state index >= 15 is 0 Å². The van der Waals surface area contributed by atoms with Gasteiger partial charge >= 0.3 is 0 Å². The van der Waals surface area contributed by atoms with Crippen LogP contribution in [0.5, 0.6) is 0 Å². The lowest BCUT2D eigenvalue weighted by Crippen LogP contribution is -2.38. The average molecular weight is 448 g/mol. The Morgan fingerprint density at radius 3 is 2.67 bits per heavy atom. The van der Waals surface area contributed by atoms with Gasteiger partial charge in [0, 0.05) is 32.6 Å². The third-order valence-corrected chi connectivity index (χ3v) is 6.49. The number of amides is 2. The molecule has 0 unspecified atom stereocenters. The maximum Gasteiger partial charge on any atom is 0.266 e. The second kappa shape index (κ2) is 11.6. The van der Waals surface area contributed by atoms with E-state index in [4.69, 9.17) is 17.0 Å². The number of hydrogen-bond acceptors (Lipinski definition) is 6. The molecule has 0 radical (unpaired) electrons. The number of nitrogens with one attached hydrogen (secondary N) is 1. The minimum atomic E-state index is -0.0727. The molecule has 162 valence electrons. The van der Waals surface area contributed by atoms with Crippen LogP contribution in [0.3, 0.4) is 0 Å². The van der Waals surface area contributed by atoms with Gasteiger partial charge in [-0.25, -0.2) is 0 Å². The molecule has 6 nitrogen and oxygen atoms in total. The van der Waals surface area contributed by atoms with Gasteiger partial charge in [-0.05, 0) is 37.9 Å². The summed E-state index contributed by atoms with van der Waals surface area (Å²) < 4.78 is 5.89. The number of thioether (sulfide) groups is 1. The first-order valence-electron chi connectivity index (χ1n) is 10.4. The van der Waals surface area contributed by atoms with E-state index in [9.17, 15) is 9.59 Å². The number of morpholine rings is 1. The maximum atomic E-state index is 12.7. The summed E-state index contributed by atoms with van der Waals surface area (Å²) in [6, 6.07) is 8.02. The highest BCUT2D eigenvalue weighted by molar-refractivity contribution is 8.26. The highest BCUT2D eigenvalue weighted by Crippen LogP contribution is 2.32. The summed E-state index contributed by atoms with van der Waals surface area (Å²) in [4.78, 5) is 29.3. The van der Waals surface area contributed by atoms with Gasteiger partial charge < -0.3 is 10.1 Å². The van der Waals surface area contributed by atoms with Gasteiger partial charge in [-0.2, -0.15) is 0 Å². The summed E-state index contributed by atoms with van der Waals surface area (Å²) >= 11 is 6.70. The summed E-state index contributed by atoms with van der Waals surface area (Å²) in [6.45, 7) is 7.68. The minimum absolute atomic E-state index is 0.0256. The molecule has 30 heavy (non-hydrogen) atoms. The second-order valence-corrected chi connectivity index (χ2v) is 9.18. The Morgan fingerprint density at radius 2 is 1.93 bits per heavy atom. The van der Waals surface area contributed by atoms with Crippen LogP contribution in [0.4, 0.5) is 0 Å². The van der Waals surface area contributed by atoms with E-state index in [1.165, 1.54) is 17.3 Å². The van der Waals surface area contributed by atoms with Crippen LogP contribution < -0.4 is 5.32 Å². The molecule has 1 N–H and O–H groups in total. The predicted molar refractivity (Wildman–Crippen MR) is 125 cm³/mol. The van der Waals surface area contributed by atoms with Crippen molar-refractivity contribution < 1.29 is 14.3 Å². The number of hydrogen-bond donors (Lipinski definition) is 1. The number of aryl methyl sites for hydroxylation is 1. The van der Waals surface area contributed by atoms with Gasteiger partial charge in [-0.15, -0.1) is 0 Å². The average Bonchev–Trinajstić information content (AvgIpc) is 3.01. The molecule has 0 saturated carbocycles. The van der Waals surface area contributed by atoms with Crippen LogP contribution >= 0.6 is 24.0 Å². The van der Waals surface area contributed by atoms with Crippen LogP contribution in [-0.2, 0) is 14.3 Å². The van der Waals surface area contributed by atoms with Crippen LogP contribution in [0.2, 0.25) is 0 Å². The number of benzene rings is 1. The molecule has 1 aromatic rings. The van der Waals surface area contributed by atoms with Gasteiger partial charge in [-0.1, -0.05) is 53.8 Å². The molecule has 8 heteroatoms. The standard InChI is InChI=1S/C22H29N3O3S2/c1-17-5-7-18(8-6-17)16-19-21(27)25(22(29)30-19)11-2-4-20(26)23-9-3-10-24-12-14-28-15-13-24/h5-8,16H,2-4,9-15H2,1H3,(H,23,26)/b19-16+. The van der Waals surface area contributed by atoms with Crippen molar-refractivity contribution in [2.45, 2.75) is 26.2 Å². The largest absolute Gasteiger partial charge is 0.379 e. The van der Waals surface area contributed by atoms with Crippen molar-refractivity contribution in [2.75, 3.05) is 45.9 Å². The molecule has 0 aromatic heterocycles. The number of carbonyl (C=O) groups excluding carboxylic acids is 2. The molecule has 0 aliphatic carbocycles. The molecule has 0 atom stereocenters. The van der Waals surface area contributed by atoms with E-state index in [0.717, 1.165) is 44.8 Å². The molecule has 2 fully saturated rings. The lowest BCUT2D eigenvalue weighted by Gasteiger charge is -2.26. The molecular weight excluding hydrogens is 418 g/mol. The Bertz CT molecular complexity index is 789. The van der Waals surface area contributed by atoms with Gasteiger partial charge in [0.05, 0.1) is 18.1 Å². The number of thiocarbonyl (C=S) groups is 1. The summed E-state index contributed by atoms with van der Waals surface area (Å²) in [5, 5.41) is 2.97. The third-order valence-electron chi connectivity index (χ3n) is 5.11. The zero-order valence-corrected chi connectivity index (χ0v) is 19.0. The highest BCUT2D eigenvalue weighted by atomic mass is 32.2. The first-order valence-corrected chi connectivity index (χ1v) is 11.6. The van der Waals surface area contributed by atoms with Crippen molar-refractivity contribution in [1.29, 1.82) is 0 Å². The van der Waals surface area contributed by atoms with Gasteiger partial charge in [-0.3, -0.25) is 19.4 Å². The fourth-order valence-electron chi connectivity index (χ4n) is 3.35. The summed E-state index contributed by atoms with van der Waals surface area (Å²) in [6.07, 6.45) is 3.80. The normalized spacial score (nSPS) is 19.0. The van der Waals surface area contributed by atoms with E-state index in [1.807, 2.05) is 37.3 Å². The van der Waals surface area contributed by atoms with E-state index < -0.39 is 0 Å². The lowest BCUT2D eigenvalue weighted by molar-refractivity contribution is -0.124. The maximum absolute atomic E-state index is 12.7. The molecular formula is C22H29N3O3S2. The van der Waals surface area contributed by atoms with Crippen LogP contribution in [0.1, 0.15) is 30.4 Å². The Hall–Kier alpha value is -1.74. The van der Waals surface area contributed by atoms with Crippen LogP contribution in [0, 0.1) is 6.92 Å². The Kier molecular flexibility index (Phi) is 8.87. The molecule has 0 spiro atoms. The molecule has 2 saturated heterocycles. The third kappa shape index (κ3) is 6.91. The Labute approximate surface area is 188 Å². The second-order valence-electron chi connectivity index (χ2n) is 7.51. The Morgan fingerprint density at radius 1 is 1.20 bits per heavy atom. The first kappa shape index (κ1) is 22.9. The van der Waals surface area contributed by atoms with E-state index in [-0.39, 0.29) is 11.8 Å². The zero-order valence-electron chi connectivity index (χ0n) is 17.4. The SMILES string of the molecule is Cc1ccc(/C=C2/SC(=S)N(CCCC(=O)NCCCN3CCOCC3)C2=O)cc1. The van der Waals surface area contributed by atoms with Gasteiger partial charge in [0.2, 0.25) is 5.91 Å². The van der Waals surface area contributed by atoms with Gasteiger partial charge in [0.1, 0.15) is 4.32 Å². The number of carbonyl (C=O) groups is 2. The number of rotatable bonds is 9. The molecule has 2 aliphatic heterocycles. The fraction of sp³-hybridized carbons (Fsp3) is 0.500. The van der Waals surface area contributed by atoms with E-state index in [1.54, 1.807) is 4.90 Å². The fourth-order valence-corrected chi connectivity index (χ4v) is 4.66. The van der Waals surface area contributed by atoms with Gasteiger partial charge in [0.25, 0.3) is 5.91 Å². The minimum Gasteiger partial charge on any atom is -0.379 e. The van der Waals surface area contributed by atoms with Crippen LogP contribution in [0.25, 0.3) is 6.08 Å². The molecule has 1 aromatic carbocycles. The molecule has 2 aliphatic rings. The lowest BCUT2D eigenvalue weighted by atomic mass is 10.1. The Balaban J connectivity index is 1.35. The number of nitrogens with zero attached hydrogens (tertiary/aromatic N) is 2. The molecule has 0 bridgehead atoms. The first-order chi connectivity index (χ1) is 14.5. The topological polar surface area (TPSA) is 61.9 Å². The molecule has 2 amide bonds. The van der Waals surface area contributed by atoms with Crippen LogP contribution in [-0.4, -0.2) is 71.9 Å². The summed E-state index contributed by atoms with van der Waals surface area (Å²) in [5.74, 6) is -0.0471. The van der Waals surface area contributed by atoms with E-state index in [0.29, 0.717) is 35.2 Å². The van der Waals surface area contributed by atoms with Crippen molar-refractivity contribution >= 4 is 46.2 Å². The number of ether oxygens (including phenoxy) is 1. The molecule has 3 rings (SSSR count). The predicted octanol–water partition coefficient (Wildman–Crippen LogP) is 2.81. The smallest absolute Gasteiger partial charge is 0.266 e. The van der Waals surface area contributed by atoms with Crippen molar-refractivity contribution in [2.24, 2.45) is 0 Å². The van der Waals surface area contributed by atoms with Crippen molar-refractivity contribution in [3.05, 3.63) is 40.3 Å². The van der Waals surface area contributed by atoms with Gasteiger partial charge in [0.15, 0.2) is 0 Å². The molecule has 2 heterocycles. The van der Waals surface area contributed by atoms with E-state index in [2.05, 4.69) is 10.2 Å². The monoisotopic (exact) mass is 447 g/mol. The summed E-state index contributed by atoms with van der Waals surface area (Å²) in [5.41, 5.74) is 2.16. The van der Waals surface area contributed by atoms with Crippen molar-refractivity contribution in [3.8, 4) is 0 Å². The summed E-state index contributed by atoms with van der Waals surface area (Å²) in [7, 11) is 0. The van der Waals surface area contributed by atoms with Crippen molar-refractivity contribution in [3.63, 3.8) is 0 Å². The van der Waals surface area contributed by atoms with Crippen LogP contribution in [0.15, 0.2) is 29.2 Å². The zero-order chi connectivity index (χ0) is 21.3. The van der Waals surface area contributed by atoms with Crippen molar-refractivity contribution in [1.82, 2.24) is 15.1 Å². The quantitative estimate of drug-likeness (QED) is 0.357. The highest BCUT2D eigenvalue weighted by Gasteiger charge is 2.31.